The zero-order valence-electron chi connectivity index (χ0n) is 13.8. The number of benzene rings is 2. The van der Waals surface area contributed by atoms with Crippen molar-refractivity contribution in [3.8, 4) is 6.07 Å². The summed E-state index contributed by atoms with van der Waals surface area (Å²) in [6.07, 6.45) is 2.93. The van der Waals surface area contributed by atoms with Gasteiger partial charge in [-0.1, -0.05) is 12.1 Å². The third-order valence-electron chi connectivity index (χ3n) is 4.11. The van der Waals surface area contributed by atoms with E-state index in [0.717, 1.165) is 24.1 Å². The molecule has 2 N–H and O–H groups in total. The van der Waals surface area contributed by atoms with Gasteiger partial charge in [0.25, 0.3) is 0 Å². The fourth-order valence-electron chi connectivity index (χ4n) is 2.45. The van der Waals surface area contributed by atoms with E-state index in [1.165, 1.54) is 0 Å². The highest BCUT2D eigenvalue weighted by atomic mass is 16.2. The molecule has 2 aromatic rings. The lowest BCUT2D eigenvalue weighted by Gasteiger charge is -2.08. The van der Waals surface area contributed by atoms with E-state index in [1.54, 1.807) is 36.4 Å². The minimum atomic E-state index is -0.0703. The van der Waals surface area contributed by atoms with Gasteiger partial charge < -0.3 is 10.6 Å². The van der Waals surface area contributed by atoms with Crippen LogP contribution in [0.3, 0.4) is 0 Å². The Bertz CT molecular complexity index is 800. The van der Waals surface area contributed by atoms with Gasteiger partial charge in [0, 0.05) is 23.7 Å². The van der Waals surface area contributed by atoms with Gasteiger partial charge in [0.15, 0.2) is 0 Å². The molecule has 1 aliphatic carbocycles. The number of anilines is 2. The third kappa shape index (κ3) is 4.92. The normalized spacial score (nSPS) is 12.9. The van der Waals surface area contributed by atoms with Crippen molar-refractivity contribution in [3.63, 3.8) is 0 Å². The van der Waals surface area contributed by atoms with Crippen molar-refractivity contribution >= 4 is 23.2 Å². The summed E-state index contributed by atoms with van der Waals surface area (Å²) < 4.78 is 0. The maximum Gasteiger partial charge on any atom is 0.227 e. The second-order valence-corrected chi connectivity index (χ2v) is 6.20. The van der Waals surface area contributed by atoms with Crippen molar-refractivity contribution in [1.29, 1.82) is 5.26 Å². The molecule has 0 bridgehead atoms. The molecule has 0 unspecified atom stereocenters. The van der Waals surface area contributed by atoms with Crippen molar-refractivity contribution in [1.82, 2.24) is 0 Å². The molecule has 2 aromatic carbocycles. The molecule has 25 heavy (non-hydrogen) atoms. The molecular formula is C20H19N3O2. The third-order valence-corrected chi connectivity index (χ3v) is 4.11. The standard InChI is InChI=1S/C20H19N3O2/c21-13-15-3-1-14(2-4-15)5-12-19(24)22-17-8-10-18(11-9-17)23-20(25)16-6-7-16/h1-4,8-11,16H,5-7,12H2,(H,22,24)(H,23,25). The molecule has 1 saturated carbocycles. The van der Waals surface area contributed by atoms with Crippen LogP contribution in [0.1, 0.15) is 30.4 Å². The molecule has 0 saturated heterocycles. The molecule has 1 aliphatic rings. The summed E-state index contributed by atoms with van der Waals surface area (Å²) in [6, 6.07) is 16.4. The lowest BCUT2D eigenvalue weighted by molar-refractivity contribution is -0.117. The van der Waals surface area contributed by atoms with Crippen LogP contribution in [0.5, 0.6) is 0 Å². The highest BCUT2D eigenvalue weighted by Crippen LogP contribution is 2.30. The minimum absolute atomic E-state index is 0.0687. The fourth-order valence-corrected chi connectivity index (χ4v) is 2.45. The van der Waals surface area contributed by atoms with Gasteiger partial charge in [-0.25, -0.2) is 0 Å². The lowest BCUT2D eigenvalue weighted by atomic mass is 10.1. The molecule has 0 radical (unpaired) electrons. The van der Waals surface area contributed by atoms with Crippen molar-refractivity contribution in [2.24, 2.45) is 5.92 Å². The van der Waals surface area contributed by atoms with Crippen LogP contribution in [0.4, 0.5) is 11.4 Å². The summed E-state index contributed by atoms with van der Waals surface area (Å²) in [6.45, 7) is 0. The summed E-state index contributed by atoms with van der Waals surface area (Å²) in [5.74, 6) is 0.167. The van der Waals surface area contributed by atoms with E-state index in [2.05, 4.69) is 16.7 Å². The first-order chi connectivity index (χ1) is 12.1. The van der Waals surface area contributed by atoms with E-state index in [-0.39, 0.29) is 17.7 Å². The Morgan fingerprint density at radius 1 is 0.960 bits per heavy atom. The van der Waals surface area contributed by atoms with E-state index in [1.807, 2.05) is 12.1 Å². The molecule has 5 nitrogen and oxygen atoms in total. The molecule has 3 rings (SSSR count). The number of aryl methyl sites for hydroxylation is 1. The zero-order chi connectivity index (χ0) is 17.6. The van der Waals surface area contributed by atoms with Gasteiger partial charge in [0.2, 0.25) is 11.8 Å². The summed E-state index contributed by atoms with van der Waals surface area (Å²) in [5, 5.41) is 14.5. The average molecular weight is 333 g/mol. The molecule has 0 aromatic heterocycles. The van der Waals surface area contributed by atoms with Crippen LogP contribution in [0, 0.1) is 17.2 Å². The SMILES string of the molecule is N#Cc1ccc(CCC(=O)Nc2ccc(NC(=O)C3CC3)cc2)cc1. The van der Waals surface area contributed by atoms with Crippen LogP contribution in [-0.2, 0) is 16.0 Å². The number of hydrogen-bond acceptors (Lipinski definition) is 3. The van der Waals surface area contributed by atoms with Crippen LogP contribution < -0.4 is 10.6 Å². The number of carbonyl (C=O) groups is 2. The highest BCUT2D eigenvalue weighted by Gasteiger charge is 2.29. The van der Waals surface area contributed by atoms with E-state index >= 15 is 0 Å². The van der Waals surface area contributed by atoms with Crippen molar-refractivity contribution < 1.29 is 9.59 Å². The summed E-state index contributed by atoms with van der Waals surface area (Å²) >= 11 is 0. The predicted octanol–water partition coefficient (Wildman–Crippen LogP) is 3.48. The van der Waals surface area contributed by atoms with Gasteiger partial charge in [-0.05, 0) is 61.2 Å². The zero-order valence-corrected chi connectivity index (χ0v) is 13.8. The molecule has 2 amide bonds. The van der Waals surface area contributed by atoms with Crippen LogP contribution in [-0.4, -0.2) is 11.8 Å². The van der Waals surface area contributed by atoms with Crippen LogP contribution in [0.2, 0.25) is 0 Å². The Hall–Kier alpha value is -3.13. The van der Waals surface area contributed by atoms with Crippen molar-refractivity contribution in [3.05, 3.63) is 59.7 Å². The highest BCUT2D eigenvalue weighted by molar-refractivity contribution is 5.95. The monoisotopic (exact) mass is 333 g/mol. The number of nitrogens with zero attached hydrogens (tertiary/aromatic N) is 1. The fraction of sp³-hybridized carbons (Fsp3) is 0.250. The number of carbonyl (C=O) groups excluding carboxylic acids is 2. The van der Waals surface area contributed by atoms with E-state index in [9.17, 15) is 9.59 Å². The number of amides is 2. The van der Waals surface area contributed by atoms with E-state index in [4.69, 9.17) is 5.26 Å². The van der Waals surface area contributed by atoms with Crippen LogP contribution in [0.25, 0.3) is 0 Å². The number of nitriles is 1. The number of rotatable bonds is 6. The average Bonchev–Trinajstić information content (AvgIpc) is 3.47. The maximum atomic E-state index is 12.0. The van der Waals surface area contributed by atoms with Crippen LogP contribution in [0.15, 0.2) is 48.5 Å². The van der Waals surface area contributed by atoms with Gasteiger partial charge in [0.05, 0.1) is 11.6 Å². The molecule has 1 fully saturated rings. The van der Waals surface area contributed by atoms with Crippen molar-refractivity contribution in [2.45, 2.75) is 25.7 Å². The molecule has 126 valence electrons. The smallest absolute Gasteiger partial charge is 0.227 e. The number of hydrogen-bond donors (Lipinski definition) is 2. The molecule has 0 spiro atoms. The van der Waals surface area contributed by atoms with E-state index in [0.29, 0.717) is 24.1 Å². The molecular weight excluding hydrogens is 314 g/mol. The first-order valence-corrected chi connectivity index (χ1v) is 8.34. The molecule has 0 atom stereocenters. The first kappa shape index (κ1) is 16.7. The second-order valence-electron chi connectivity index (χ2n) is 6.20. The summed E-state index contributed by atoms with van der Waals surface area (Å²) in [4.78, 5) is 23.7. The summed E-state index contributed by atoms with van der Waals surface area (Å²) in [5.41, 5.74) is 3.08. The molecule has 0 heterocycles. The van der Waals surface area contributed by atoms with Gasteiger partial charge in [-0.3, -0.25) is 9.59 Å². The predicted molar refractivity (Wildman–Crippen MR) is 95.9 cm³/mol. The van der Waals surface area contributed by atoms with Gasteiger partial charge in [-0.15, -0.1) is 0 Å². The topological polar surface area (TPSA) is 82.0 Å². The second kappa shape index (κ2) is 7.63. The Kier molecular flexibility index (Phi) is 5.10. The van der Waals surface area contributed by atoms with Gasteiger partial charge >= 0.3 is 0 Å². The Labute approximate surface area is 146 Å². The Balaban J connectivity index is 1.46. The lowest BCUT2D eigenvalue weighted by Crippen LogP contribution is -2.14. The Morgan fingerprint density at radius 3 is 2.12 bits per heavy atom. The Morgan fingerprint density at radius 2 is 1.56 bits per heavy atom. The van der Waals surface area contributed by atoms with Crippen LogP contribution >= 0.6 is 0 Å². The maximum absolute atomic E-state index is 12.0. The summed E-state index contributed by atoms with van der Waals surface area (Å²) in [7, 11) is 0. The molecule has 5 heteroatoms. The minimum Gasteiger partial charge on any atom is -0.326 e. The van der Waals surface area contributed by atoms with Gasteiger partial charge in [-0.2, -0.15) is 5.26 Å². The van der Waals surface area contributed by atoms with Gasteiger partial charge in [0.1, 0.15) is 0 Å². The number of nitrogens with one attached hydrogen (secondary N) is 2. The first-order valence-electron chi connectivity index (χ1n) is 8.34. The largest absolute Gasteiger partial charge is 0.326 e. The molecule has 0 aliphatic heterocycles. The van der Waals surface area contributed by atoms with E-state index < -0.39 is 0 Å². The van der Waals surface area contributed by atoms with Crippen molar-refractivity contribution in [2.75, 3.05) is 10.6 Å². The quantitative estimate of drug-likeness (QED) is 0.849.